The van der Waals surface area contributed by atoms with E-state index in [4.69, 9.17) is 5.11 Å². The third kappa shape index (κ3) is 4.96. The Bertz CT molecular complexity index is 1050. The number of aliphatic hydroxyl groups excluding tert-OH is 1. The van der Waals surface area contributed by atoms with Crippen LogP contribution >= 0.6 is 11.3 Å². The van der Waals surface area contributed by atoms with Gasteiger partial charge in [0.25, 0.3) is 11.8 Å². The number of amides is 2. The second-order valence-electron chi connectivity index (χ2n) is 9.60. The van der Waals surface area contributed by atoms with Gasteiger partial charge in [-0.15, -0.1) is 11.3 Å². The number of carbonyl (C=O) groups is 2. The Morgan fingerprint density at radius 1 is 1.26 bits per heavy atom. The summed E-state index contributed by atoms with van der Waals surface area (Å²) in [5.74, 6) is -0.216. The molecular weight excluding hydrogens is 450 g/mol. The fraction of sp³-hybridized carbons (Fsp3) is 0.560. The van der Waals surface area contributed by atoms with E-state index in [1.807, 2.05) is 37.4 Å². The lowest BCUT2D eigenvalue weighted by Crippen LogP contribution is -2.58. The third-order valence-electron chi connectivity index (χ3n) is 6.91. The van der Waals surface area contributed by atoms with Gasteiger partial charge >= 0.3 is 0 Å². The van der Waals surface area contributed by atoms with E-state index >= 15 is 0 Å². The van der Waals surface area contributed by atoms with Gasteiger partial charge in [-0.3, -0.25) is 14.9 Å². The molecule has 9 heteroatoms. The molecule has 34 heavy (non-hydrogen) atoms. The number of hydrogen-bond acceptors (Lipinski definition) is 7. The van der Waals surface area contributed by atoms with Crippen LogP contribution in [0.15, 0.2) is 17.5 Å². The van der Waals surface area contributed by atoms with Crippen molar-refractivity contribution in [2.45, 2.75) is 57.5 Å². The molecule has 184 valence electrons. The van der Waals surface area contributed by atoms with Crippen LogP contribution in [0.5, 0.6) is 0 Å². The highest BCUT2D eigenvalue weighted by atomic mass is 32.1. The summed E-state index contributed by atoms with van der Waals surface area (Å²) < 4.78 is 0. The zero-order chi connectivity index (χ0) is 24.3. The van der Waals surface area contributed by atoms with Gasteiger partial charge < -0.3 is 20.2 Å². The number of likely N-dealkylation sites (N-methyl/N-ethyl adjacent to an activating group) is 1. The van der Waals surface area contributed by atoms with Crippen molar-refractivity contribution in [1.82, 2.24) is 14.8 Å². The van der Waals surface area contributed by atoms with E-state index in [0.717, 1.165) is 54.9 Å². The van der Waals surface area contributed by atoms with Crippen LogP contribution in [0.2, 0.25) is 0 Å². The summed E-state index contributed by atoms with van der Waals surface area (Å²) in [4.78, 5) is 35.7. The Kier molecular flexibility index (Phi) is 7.54. The molecule has 2 aromatic rings. The maximum absolute atomic E-state index is 13.7. The first-order valence-electron chi connectivity index (χ1n) is 12.0. The van der Waals surface area contributed by atoms with Crippen molar-refractivity contribution in [3.05, 3.63) is 39.9 Å². The number of rotatable bonds is 9. The molecule has 0 bridgehead atoms. The summed E-state index contributed by atoms with van der Waals surface area (Å²) in [6.07, 6.45) is 4.67. The normalized spacial score (nSPS) is 17.2. The van der Waals surface area contributed by atoms with E-state index in [2.05, 4.69) is 26.6 Å². The molecule has 3 N–H and O–H groups in total. The van der Waals surface area contributed by atoms with E-state index in [-0.39, 0.29) is 18.4 Å². The predicted molar refractivity (Wildman–Crippen MR) is 135 cm³/mol. The lowest BCUT2D eigenvalue weighted by atomic mass is 9.79. The quantitative estimate of drug-likeness (QED) is 0.504. The molecule has 0 unspecified atom stereocenters. The number of hydrogen-bond donors (Lipinski definition) is 3. The van der Waals surface area contributed by atoms with Crippen molar-refractivity contribution >= 4 is 34.0 Å². The van der Waals surface area contributed by atoms with Crippen molar-refractivity contribution in [2.24, 2.45) is 0 Å². The molecule has 1 aromatic carbocycles. The van der Waals surface area contributed by atoms with Gasteiger partial charge in [-0.2, -0.15) is 0 Å². The standard InChI is InChI=1S/C25H35N5O3S/c1-17-13-19(26-10-11-29(2)3)14-20-21(17)15-30(22(20)32)25(8-5-4-6-9-25)23(33)28-24-27-18(7-12-31)16-34-24/h13-14,16,26,31H,4-12,15H2,1-3H3,(H,27,28,33). The van der Waals surface area contributed by atoms with Gasteiger partial charge in [-0.1, -0.05) is 19.3 Å². The largest absolute Gasteiger partial charge is 0.396 e. The van der Waals surface area contributed by atoms with Gasteiger partial charge in [0.05, 0.1) is 5.69 Å². The highest BCUT2D eigenvalue weighted by molar-refractivity contribution is 7.13. The molecular formula is C25H35N5O3S. The van der Waals surface area contributed by atoms with Gasteiger partial charge in [0.15, 0.2) is 5.13 Å². The predicted octanol–water partition coefficient (Wildman–Crippen LogP) is 3.26. The van der Waals surface area contributed by atoms with E-state index in [9.17, 15) is 9.59 Å². The van der Waals surface area contributed by atoms with Crippen molar-refractivity contribution < 1.29 is 14.7 Å². The molecule has 2 amide bonds. The maximum Gasteiger partial charge on any atom is 0.255 e. The number of nitrogens with zero attached hydrogens (tertiary/aromatic N) is 3. The van der Waals surface area contributed by atoms with E-state index < -0.39 is 5.54 Å². The van der Waals surface area contributed by atoms with Crippen LogP contribution in [-0.2, 0) is 17.8 Å². The number of anilines is 2. The van der Waals surface area contributed by atoms with E-state index in [1.54, 1.807) is 0 Å². The first-order chi connectivity index (χ1) is 16.3. The van der Waals surface area contributed by atoms with Crippen LogP contribution in [-0.4, -0.2) is 71.0 Å². The second kappa shape index (κ2) is 10.4. The first kappa shape index (κ1) is 24.6. The van der Waals surface area contributed by atoms with E-state index in [1.165, 1.54) is 11.3 Å². The molecule has 0 radical (unpaired) electrons. The minimum atomic E-state index is -0.873. The Morgan fingerprint density at radius 2 is 2.03 bits per heavy atom. The molecule has 1 aliphatic heterocycles. The highest BCUT2D eigenvalue weighted by Gasteiger charge is 2.50. The monoisotopic (exact) mass is 485 g/mol. The maximum atomic E-state index is 13.7. The van der Waals surface area contributed by atoms with Crippen LogP contribution in [0, 0.1) is 6.92 Å². The number of aliphatic hydroxyl groups is 1. The number of fused-ring (bicyclic) bond motifs is 1. The molecule has 1 saturated carbocycles. The molecule has 0 saturated heterocycles. The lowest BCUT2D eigenvalue weighted by molar-refractivity contribution is -0.129. The summed E-state index contributed by atoms with van der Waals surface area (Å²) >= 11 is 1.36. The number of benzene rings is 1. The first-order valence-corrected chi connectivity index (χ1v) is 12.9. The molecule has 0 spiro atoms. The fourth-order valence-corrected chi connectivity index (χ4v) is 5.77. The average Bonchev–Trinajstić information content (AvgIpc) is 3.39. The average molecular weight is 486 g/mol. The summed E-state index contributed by atoms with van der Waals surface area (Å²) in [5.41, 5.74) is 3.61. The molecule has 2 aliphatic rings. The highest BCUT2D eigenvalue weighted by Crippen LogP contribution is 2.41. The topological polar surface area (TPSA) is 97.8 Å². The molecule has 2 heterocycles. The number of nitrogens with one attached hydrogen (secondary N) is 2. The van der Waals surface area contributed by atoms with Crippen molar-refractivity contribution in [3.8, 4) is 0 Å². The zero-order valence-electron chi connectivity index (χ0n) is 20.3. The Morgan fingerprint density at radius 3 is 2.74 bits per heavy atom. The van der Waals surface area contributed by atoms with Crippen LogP contribution in [0.3, 0.4) is 0 Å². The van der Waals surface area contributed by atoms with E-state index in [0.29, 0.717) is 36.5 Å². The van der Waals surface area contributed by atoms with Gasteiger partial charge in [-0.25, -0.2) is 4.98 Å². The SMILES string of the molecule is Cc1cc(NCCN(C)C)cc2c1CN(C1(C(=O)Nc3nc(CCO)cs3)CCCCC1)C2=O. The number of carbonyl (C=O) groups excluding carboxylic acids is 2. The lowest BCUT2D eigenvalue weighted by Gasteiger charge is -2.42. The number of aryl methyl sites for hydroxylation is 1. The third-order valence-corrected chi connectivity index (χ3v) is 7.72. The number of thiazole rings is 1. The van der Waals surface area contributed by atoms with Gasteiger partial charge in [0.1, 0.15) is 5.54 Å². The van der Waals surface area contributed by atoms with Gasteiger partial charge in [-0.05, 0) is 57.1 Å². The summed E-state index contributed by atoms with van der Waals surface area (Å²) in [7, 11) is 4.07. The Balaban J connectivity index is 1.57. The van der Waals surface area contributed by atoms with Crippen LogP contribution in [0.4, 0.5) is 10.8 Å². The van der Waals surface area contributed by atoms with Gasteiger partial charge in [0.2, 0.25) is 0 Å². The van der Waals surface area contributed by atoms with Gasteiger partial charge in [0, 0.05) is 49.3 Å². The molecule has 4 rings (SSSR count). The summed E-state index contributed by atoms with van der Waals surface area (Å²) in [6.45, 7) is 4.21. The molecule has 0 atom stereocenters. The molecule has 1 fully saturated rings. The van der Waals surface area contributed by atoms with Crippen LogP contribution in [0.1, 0.15) is 59.3 Å². The number of aromatic nitrogens is 1. The van der Waals surface area contributed by atoms with Crippen molar-refractivity contribution in [3.63, 3.8) is 0 Å². The molecule has 1 aliphatic carbocycles. The smallest absolute Gasteiger partial charge is 0.255 e. The molecule has 8 nitrogen and oxygen atoms in total. The second-order valence-corrected chi connectivity index (χ2v) is 10.5. The van der Waals surface area contributed by atoms with Crippen LogP contribution in [0.25, 0.3) is 0 Å². The van der Waals surface area contributed by atoms with Crippen molar-refractivity contribution in [1.29, 1.82) is 0 Å². The minimum Gasteiger partial charge on any atom is -0.396 e. The van der Waals surface area contributed by atoms with Crippen LogP contribution < -0.4 is 10.6 Å². The Labute approximate surface area is 205 Å². The fourth-order valence-electron chi connectivity index (χ4n) is 5.03. The molecule has 1 aromatic heterocycles. The Hall–Kier alpha value is -2.49. The van der Waals surface area contributed by atoms with Crippen molar-refractivity contribution in [2.75, 3.05) is 44.4 Å². The summed E-state index contributed by atoms with van der Waals surface area (Å²) in [5, 5.41) is 17.9. The summed E-state index contributed by atoms with van der Waals surface area (Å²) in [6, 6.07) is 4.04. The minimum absolute atomic E-state index is 0.0208. The zero-order valence-corrected chi connectivity index (χ0v) is 21.1.